The highest BCUT2D eigenvalue weighted by Gasteiger charge is 2.44. The van der Waals surface area contributed by atoms with Crippen LogP contribution < -0.4 is 5.56 Å². The maximum Gasteiger partial charge on any atom is 0.251 e. The number of rotatable bonds is 5. The van der Waals surface area contributed by atoms with Gasteiger partial charge in [-0.2, -0.15) is 9.40 Å². The van der Waals surface area contributed by atoms with Crippen molar-refractivity contribution >= 4 is 10.0 Å². The number of hydrogen-bond acceptors (Lipinski definition) is 5. The molecule has 4 rings (SSSR count). The summed E-state index contributed by atoms with van der Waals surface area (Å²) in [5, 5.41) is 4.13. The minimum absolute atomic E-state index is 0.000390. The predicted octanol–water partition coefficient (Wildman–Crippen LogP) is 0.975. The van der Waals surface area contributed by atoms with Gasteiger partial charge in [-0.1, -0.05) is 6.07 Å². The first-order valence-corrected chi connectivity index (χ1v) is 11.1. The van der Waals surface area contributed by atoms with Crippen LogP contribution in [-0.4, -0.2) is 65.7 Å². The van der Waals surface area contributed by atoms with E-state index in [1.807, 2.05) is 31.7 Å². The predicted molar refractivity (Wildman–Crippen MR) is 106 cm³/mol. The van der Waals surface area contributed by atoms with Gasteiger partial charge in [-0.05, 0) is 39.4 Å². The zero-order valence-corrected chi connectivity index (χ0v) is 17.3. The van der Waals surface area contributed by atoms with E-state index in [0.29, 0.717) is 26.2 Å². The summed E-state index contributed by atoms with van der Waals surface area (Å²) in [7, 11) is 0.356. The van der Waals surface area contributed by atoms with Gasteiger partial charge in [0.05, 0.1) is 12.2 Å². The molecule has 4 heterocycles. The Balaban J connectivity index is 1.73. The molecule has 2 aromatic rings. The van der Waals surface area contributed by atoms with E-state index in [1.165, 1.54) is 6.20 Å². The molecule has 1 saturated heterocycles. The smallest absolute Gasteiger partial charge is 0.251 e. The molecule has 2 aliphatic rings. The highest BCUT2D eigenvalue weighted by Crippen LogP contribution is 2.42. The van der Waals surface area contributed by atoms with Crippen LogP contribution in [0.4, 0.5) is 0 Å². The van der Waals surface area contributed by atoms with Crippen molar-refractivity contribution in [3.05, 3.63) is 46.6 Å². The van der Waals surface area contributed by atoms with Gasteiger partial charge in [-0.15, -0.1) is 0 Å². The summed E-state index contributed by atoms with van der Waals surface area (Å²) >= 11 is 0. The Morgan fingerprint density at radius 1 is 1.25 bits per heavy atom. The molecule has 2 bridgehead atoms. The normalized spacial score (nSPS) is 25.1. The molecule has 0 radical (unpaired) electrons. The van der Waals surface area contributed by atoms with Crippen molar-refractivity contribution in [3.8, 4) is 0 Å². The maximum atomic E-state index is 13.2. The van der Waals surface area contributed by atoms with Gasteiger partial charge >= 0.3 is 0 Å². The van der Waals surface area contributed by atoms with Crippen molar-refractivity contribution in [1.82, 2.24) is 23.6 Å². The van der Waals surface area contributed by atoms with Gasteiger partial charge in [0.25, 0.3) is 5.56 Å². The largest absolute Gasteiger partial charge is 0.308 e. The first-order chi connectivity index (χ1) is 13.3. The van der Waals surface area contributed by atoms with Crippen LogP contribution in [0.25, 0.3) is 0 Å². The quantitative estimate of drug-likeness (QED) is 0.741. The van der Waals surface area contributed by atoms with Gasteiger partial charge in [0.15, 0.2) is 0 Å². The van der Waals surface area contributed by atoms with Gasteiger partial charge in [0, 0.05) is 50.1 Å². The van der Waals surface area contributed by atoms with E-state index in [1.54, 1.807) is 27.3 Å². The fraction of sp³-hybridized carbons (Fsp3) is 0.579. The highest BCUT2D eigenvalue weighted by atomic mass is 32.2. The van der Waals surface area contributed by atoms with Crippen LogP contribution in [0.15, 0.2) is 40.3 Å². The van der Waals surface area contributed by atoms with Crippen LogP contribution in [0.5, 0.6) is 0 Å². The van der Waals surface area contributed by atoms with Gasteiger partial charge in [0.2, 0.25) is 10.0 Å². The second-order valence-electron chi connectivity index (χ2n) is 8.03. The zero-order valence-electron chi connectivity index (χ0n) is 16.5. The Morgan fingerprint density at radius 3 is 2.71 bits per heavy atom. The molecule has 0 saturated carbocycles. The number of sulfonamides is 1. The van der Waals surface area contributed by atoms with E-state index in [0.717, 1.165) is 12.1 Å². The topological polar surface area (TPSA) is 80.4 Å². The molecule has 3 atom stereocenters. The lowest BCUT2D eigenvalue weighted by Crippen LogP contribution is -2.52. The third kappa shape index (κ3) is 3.21. The van der Waals surface area contributed by atoms with Gasteiger partial charge in [-0.3, -0.25) is 9.48 Å². The summed E-state index contributed by atoms with van der Waals surface area (Å²) < 4.78 is 31.6. The molecule has 0 aromatic carbocycles. The minimum Gasteiger partial charge on any atom is -0.308 e. The van der Waals surface area contributed by atoms with Crippen LogP contribution in [0.1, 0.15) is 31.0 Å². The number of aromatic nitrogens is 3. The second-order valence-corrected chi connectivity index (χ2v) is 9.97. The van der Waals surface area contributed by atoms with E-state index in [-0.39, 0.29) is 28.3 Å². The Bertz CT molecular complexity index is 1030. The molecular weight excluding hydrogens is 378 g/mol. The Hall–Kier alpha value is -1.97. The molecular formula is C19H27N5O3S. The van der Waals surface area contributed by atoms with Crippen molar-refractivity contribution < 1.29 is 8.42 Å². The fourth-order valence-corrected chi connectivity index (χ4v) is 6.10. The average molecular weight is 406 g/mol. The number of pyridine rings is 1. The van der Waals surface area contributed by atoms with Gasteiger partial charge < -0.3 is 9.47 Å². The molecule has 9 heteroatoms. The zero-order chi connectivity index (χ0) is 20.1. The molecule has 0 N–H and O–H groups in total. The van der Waals surface area contributed by atoms with Gasteiger partial charge in [-0.25, -0.2) is 8.42 Å². The first-order valence-electron chi connectivity index (χ1n) is 9.70. The molecule has 0 spiro atoms. The van der Waals surface area contributed by atoms with E-state index in [4.69, 9.17) is 0 Å². The third-order valence-electron chi connectivity index (χ3n) is 5.89. The fourth-order valence-electron chi connectivity index (χ4n) is 4.61. The number of nitrogens with zero attached hydrogens (tertiary/aromatic N) is 5. The number of aryl methyl sites for hydroxylation is 1. The van der Waals surface area contributed by atoms with E-state index in [9.17, 15) is 13.2 Å². The van der Waals surface area contributed by atoms with Crippen molar-refractivity contribution in [1.29, 1.82) is 0 Å². The molecule has 2 aliphatic heterocycles. The Kier molecular flexibility index (Phi) is 4.93. The van der Waals surface area contributed by atoms with Crippen LogP contribution >= 0.6 is 0 Å². The molecule has 0 aliphatic carbocycles. The second kappa shape index (κ2) is 7.13. The average Bonchev–Trinajstić information content (AvgIpc) is 3.15. The monoisotopic (exact) mass is 405 g/mol. The van der Waals surface area contributed by atoms with Crippen molar-refractivity contribution in [3.63, 3.8) is 0 Å². The van der Waals surface area contributed by atoms with Crippen LogP contribution in [-0.2, 0) is 16.6 Å². The first kappa shape index (κ1) is 19.4. The van der Waals surface area contributed by atoms with Gasteiger partial charge in [0.1, 0.15) is 4.90 Å². The number of piperidine rings is 1. The van der Waals surface area contributed by atoms with Crippen molar-refractivity contribution in [2.24, 2.45) is 5.92 Å². The van der Waals surface area contributed by atoms with Crippen LogP contribution in [0.2, 0.25) is 0 Å². The summed E-state index contributed by atoms with van der Waals surface area (Å²) in [6.45, 7) is 4.08. The number of likely N-dealkylation sites (N-methyl/N-ethyl adjacent to an activating group) is 1. The lowest BCUT2D eigenvalue weighted by molar-refractivity contribution is 0.122. The Labute approximate surface area is 165 Å². The molecule has 2 aromatic heterocycles. The standard InChI is InChI=1S/C19H27N5O3S/c1-4-22-12-16(9-20-22)28(26,27)23-10-14-8-15(11-23)18(13-21(2)3)24-17(14)6-5-7-19(24)25/h5-7,9,12,14-15,18H,4,8,10-11,13H2,1-3H3/t14-,15+,18+/m1/s1. The molecule has 0 unspecified atom stereocenters. The van der Waals surface area contributed by atoms with E-state index in [2.05, 4.69) is 10.00 Å². The third-order valence-corrected chi connectivity index (χ3v) is 7.67. The Morgan fingerprint density at radius 2 is 2.04 bits per heavy atom. The summed E-state index contributed by atoms with van der Waals surface area (Å²) in [6, 6.07) is 5.31. The molecule has 28 heavy (non-hydrogen) atoms. The molecule has 8 nitrogen and oxygen atoms in total. The van der Waals surface area contributed by atoms with Crippen LogP contribution in [0.3, 0.4) is 0 Å². The van der Waals surface area contributed by atoms with E-state index >= 15 is 0 Å². The summed E-state index contributed by atoms with van der Waals surface area (Å²) in [5.41, 5.74) is 0.944. The molecule has 152 valence electrons. The number of hydrogen-bond donors (Lipinski definition) is 0. The lowest BCUT2D eigenvalue weighted by atomic mass is 9.79. The van der Waals surface area contributed by atoms with Crippen LogP contribution in [0, 0.1) is 5.92 Å². The SMILES string of the molecule is CCn1cc(S(=O)(=O)N2C[C@H]3C[C@@H](C2)[C@H](CN(C)C)n2c3cccc2=O)cn1. The van der Waals surface area contributed by atoms with E-state index < -0.39 is 10.0 Å². The minimum atomic E-state index is -3.61. The lowest BCUT2D eigenvalue weighted by Gasteiger charge is -2.46. The van der Waals surface area contributed by atoms with Crippen molar-refractivity contribution in [2.75, 3.05) is 33.7 Å². The number of fused-ring (bicyclic) bond motifs is 4. The van der Waals surface area contributed by atoms with Crippen molar-refractivity contribution in [2.45, 2.75) is 36.7 Å². The summed E-state index contributed by atoms with van der Waals surface area (Å²) in [6.07, 6.45) is 3.93. The summed E-state index contributed by atoms with van der Waals surface area (Å²) in [5.74, 6) is 0.131. The highest BCUT2D eigenvalue weighted by molar-refractivity contribution is 7.89. The molecule has 1 fully saturated rings. The summed E-state index contributed by atoms with van der Waals surface area (Å²) in [4.78, 5) is 14.9. The molecule has 0 amide bonds. The maximum absolute atomic E-state index is 13.2.